The first-order valence-electron chi connectivity index (χ1n) is 10.0. The maximum atomic E-state index is 12.6. The zero-order chi connectivity index (χ0) is 22.3. The molecule has 1 amide bonds. The van der Waals surface area contributed by atoms with Crippen molar-refractivity contribution >= 4 is 56.0 Å². The number of carbonyl (C=O) groups excluding carboxylic acids is 1. The molecule has 7 nitrogen and oxygen atoms in total. The van der Waals surface area contributed by atoms with E-state index in [0.717, 1.165) is 20.8 Å². The van der Waals surface area contributed by atoms with Crippen LogP contribution in [0.2, 0.25) is 0 Å². The predicted octanol–water partition coefficient (Wildman–Crippen LogP) is 5.13. The fourth-order valence-electron chi connectivity index (χ4n) is 3.16. The van der Waals surface area contributed by atoms with Gasteiger partial charge >= 0.3 is 0 Å². The summed E-state index contributed by atoms with van der Waals surface area (Å²) in [5.74, 6) is 1.77. The molecule has 0 aliphatic carbocycles. The highest BCUT2D eigenvalue weighted by atomic mass is 32.2. The summed E-state index contributed by atoms with van der Waals surface area (Å²) in [6, 6.07) is 5.44. The number of hydrogen-bond donors (Lipinski definition) is 2. The number of fused-ring (bicyclic) bond motifs is 2. The maximum Gasteiger partial charge on any atom is 0.259 e. The fraction of sp³-hybridized carbons (Fsp3) is 0.364. The summed E-state index contributed by atoms with van der Waals surface area (Å²) < 4.78 is 5.71. The molecule has 0 aliphatic heterocycles. The standard InChI is InChI=1S/C22H24N4O3S2/c1-10(2)21-24-15-8-14(6-7-16(15)29-21)23-19(27)13(5)30-9-17-25-20(28)18-11(3)12(4)31-22(18)26-17/h6-8,10,13H,9H2,1-5H3,(H,23,27)(H,25,26,28). The second-order valence-corrected chi connectivity index (χ2v) is 10.3. The number of aryl methyl sites for hydroxylation is 2. The van der Waals surface area contributed by atoms with Crippen LogP contribution in [0.3, 0.4) is 0 Å². The molecule has 31 heavy (non-hydrogen) atoms. The summed E-state index contributed by atoms with van der Waals surface area (Å²) in [6.45, 7) is 9.80. The van der Waals surface area contributed by atoms with Crippen molar-refractivity contribution in [3.63, 3.8) is 0 Å². The summed E-state index contributed by atoms with van der Waals surface area (Å²) in [7, 11) is 0. The molecule has 0 saturated heterocycles. The third-order valence-electron chi connectivity index (χ3n) is 5.09. The molecule has 0 saturated carbocycles. The number of aromatic nitrogens is 3. The van der Waals surface area contributed by atoms with E-state index < -0.39 is 0 Å². The molecule has 3 aromatic heterocycles. The minimum absolute atomic E-state index is 0.122. The van der Waals surface area contributed by atoms with Crippen LogP contribution in [0.5, 0.6) is 0 Å². The Bertz CT molecular complexity index is 1340. The second-order valence-electron chi connectivity index (χ2n) is 7.81. The minimum atomic E-state index is -0.327. The van der Waals surface area contributed by atoms with Gasteiger partial charge in [0.15, 0.2) is 11.5 Å². The molecule has 0 radical (unpaired) electrons. The zero-order valence-corrected chi connectivity index (χ0v) is 19.7. The molecular formula is C22H24N4O3S2. The first kappa shape index (κ1) is 21.6. The Kier molecular flexibility index (Phi) is 5.90. The number of rotatable bonds is 6. The predicted molar refractivity (Wildman–Crippen MR) is 127 cm³/mol. The Balaban J connectivity index is 1.42. The van der Waals surface area contributed by atoms with Gasteiger partial charge in [0.05, 0.1) is 16.4 Å². The van der Waals surface area contributed by atoms with Gasteiger partial charge < -0.3 is 14.7 Å². The molecule has 0 aliphatic rings. The van der Waals surface area contributed by atoms with Crippen LogP contribution in [0.4, 0.5) is 5.69 Å². The third-order valence-corrected chi connectivity index (χ3v) is 7.35. The maximum absolute atomic E-state index is 12.6. The van der Waals surface area contributed by atoms with Crippen LogP contribution >= 0.6 is 23.1 Å². The van der Waals surface area contributed by atoms with Crippen LogP contribution in [-0.2, 0) is 10.5 Å². The number of thiophene rings is 1. The normalized spacial score (nSPS) is 12.7. The van der Waals surface area contributed by atoms with E-state index in [9.17, 15) is 9.59 Å². The van der Waals surface area contributed by atoms with Crippen molar-refractivity contribution in [1.82, 2.24) is 15.0 Å². The van der Waals surface area contributed by atoms with E-state index in [2.05, 4.69) is 20.3 Å². The van der Waals surface area contributed by atoms with Gasteiger partial charge in [0.25, 0.3) is 5.56 Å². The van der Waals surface area contributed by atoms with E-state index in [1.807, 2.05) is 46.8 Å². The van der Waals surface area contributed by atoms with E-state index in [1.165, 1.54) is 23.1 Å². The smallest absolute Gasteiger partial charge is 0.259 e. The average molecular weight is 457 g/mol. The summed E-state index contributed by atoms with van der Waals surface area (Å²) >= 11 is 2.94. The largest absolute Gasteiger partial charge is 0.440 e. The molecule has 1 atom stereocenters. The number of anilines is 1. The van der Waals surface area contributed by atoms with Gasteiger partial charge in [-0.15, -0.1) is 23.1 Å². The molecular weight excluding hydrogens is 432 g/mol. The molecule has 4 rings (SSSR count). The Morgan fingerprint density at radius 1 is 1.26 bits per heavy atom. The van der Waals surface area contributed by atoms with Gasteiger partial charge in [-0.25, -0.2) is 9.97 Å². The number of amides is 1. The highest BCUT2D eigenvalue weighted by Crippen LogP contribution is 2.27. The molecule has 4 aromatic rings. The number of aromatic amines is 1. The van der Waals surface area contributed by atoms with Crippen LogP contribution in [0.15, 0.2) is 27.4 Å². The van der Waals surface area contributed by atoms with Crippen LogP contribution in [0.1, 0.15) is 48.8 Å². The number of nitrogens with zero attached hydrogens (tertiary/aromatic N) is 2. The summed E-state index contributed by atoms with van der Waals surface area (Å²) in [5.41, 5.74) is 2.95. The van der Waals surface area contributed by atoms with Gasteiger partial charge in [0, 0.05) is 16.5 Å². The van der Waals surface area contributed by atoms with Crippen molar-refractivity contribution in [2.75, 3.05) is 5.32 Å². The lowest BCUT2D eigenvalue weighted by atomic mass is 10.2. The van der Waals surface area contributed by atoms with Crippen LogP contribution in [0.25, 0.3) is 21.3 Å². The quantitative estimate of drug-likeness (QED) is 0.417. The summed E-state index contributed by atoms with van der Waals surface area (Å²) in [5, 5.41) is 3.26. The first-order chi connectivity index (χ1) is 14.7. The van der Waals surface area contributed by atoms with Gasteiger partial charge in [-0.2, -0.15) is 0 Å². The monoisotopic (exact) mass is 456 g/mol. The minimum Gasteiger partial charge on any atom is -0.440 e. The number of benzene rings is 1. The highest BCUT2D eigenvalue weighted by molar-refractivity contribution is 7.99. The van der Waals surface area contributed by atoms with Gasteiger partial charge in [-0.1, -0.05) is 13.8 Å². The topological polar surface area (TPSA) is 101 Å². The first-order valence-corrected chi connectivity index (χ1v) is 11.9. The van der Waals surface area contributed by atoms with E-state index in [4.69, 9.17) is 4.42 Å². The van der Waals surface area contributed by atoms with Crippen molar-refractivity contribution in [2.45, 2.75) is 51.5 Å². The van der Waals surface area contributed by atoms with Gasteiger partial charge in [-0.3, -0.25) is 9.59 Å². The van der Waals surface area contributed by atoms with Crippen LogP contribution in [-0.4, -0.2) is 26.1 Å². The SMILES string of the molecule is Cc1sc2nc(CSC(C)C(=O)Nc3ccc4oc(C(C)C)nc4c3)[nH]c(=O)c2c1C. The van der Waals surface area contributed by atoms with Crippen molar-refractivity contribution in [3.8, 4) is 0 Å². The Morgan fingerprint density at radius 3 is 2.77 bits per heavy atom. The molecule has 1 unspecified atom stereocenters. The van der Waals surface area contributed by atoms with Crippen molar-refractivity contribution in [1.29, 1.82) is 0 Å². The Morgan fingerprint density at radius 2 is 2.03 bits per heavy atom. The fourth-order valence-corrected chi connectivity index (χ4v) is 4.96. The molecule has 9 heteroatoms. The van der Waals surface area contributed by atoms with Gasteiger partial charge in [0.2, 0.25) is 5.91 Å². The molecule has 0 fully saturated rings. The number of thioether (sulfide) groups is 1. The molecule has 0 spiro atoms. The second kappa shape index (κ2) is 8.47. The number of oxazole rings is 1. The highest BCUT2D eigenvalue weighted by Gasteiger charge is 2.17. The van der Waals surface area contributed by atoms with Crippen LogP contribution in [0, 0.1) is 13.8 Å². The lowest BCUT2D eigenvalue weighted by Gasteiger charge is -2.11. The van der Waals surface area contributed by atoms with Crippen molar-refractivity contribution in [3.05, 3.63) is 50.7 Å². The van der Waals surface area contributed by atoms with Gasteiger partial charge in [0.1, 0.15) is 16.2 Å². The number of hydrogen-bond acceptors (Lipinski definition) is 7. The van der Waals surface area contributed by atoms with E-state index in [1.54, 1.807) is 6.07 Å². The van der Waals surface area contributed by atoms with Gasteiger partial charge in [-0.05, 0) is 44.5 Å². The lowest BCUT2D eigenvalue weighted by Crippen LogP contribution is -2.23. The molecule has 0 bridgehead atoms. The number of carbonyl (C=O) groups is 1. The Hall–Kier alpha value is -2.65. The lowest BCUT2D eigenvalue weighted by molar-refractivity contribution is -0.115. The van der Waals surface area contributed by atoms with Crippen LogP contribution < -0.4 is 10.9 Å². The van der Waals surface area contributed by atoms with E-state index >= 15 is 0 Å². The third kappa shape index (κ3) is 4.38. The molecule has 162 valence electrons. The summed E-state index contributed by atoms with van der Waals surface area (Å²) in [4.78, 5) is 38.8. The molecule has 2 N–H and O–H groups in total. The average Bonchev–Trinajstić information content (AvgIpc) is 3.27. The van der Waals surface area contributed by atoms with Crippen molar-refractivity contribution in [2.24, 2.45) is 0 Å². The van der Waals surface area contributed by atoms with Crippen molar-refractivity contribution < 1.29 is 9.21 Å². The number of nitrogens with one attached hydrogen (secondary N) is 2. The summed E-state index contributed by atoms with van der Waals surface area (Å²) in [6.07, 6.45) is 0. The number of H-pyrrole nitrogens is 1. The molecule has 1 aromatic carbocycles. The van der Waals surface area contributed by atoms with E-state index in [-0.39, 0.29) is 22.6 Å². The molecule has 3 heterocycles. The van der Waals surface area contributed by atoms with E-state index in [0.29, 0.717) is 34.1 Å². The zero-order valence-electron chi connectivity index (χ0n) is 18.0. The Labute approximate surface area is 187 Å².